The lowest BCUT2D eigenvalue weighted by atomic mass is 9.77. The Balaban J connectivity index is 1.89. The molecule has 3 rings (SSSR count). The van der Waals surface area contributed by atoms with Crippen LogP contribution in [0.3, 0.4) is 0 Å². The topological polar surface area (TPSA) is 77.5 Å². The predicted molar refractivity (Wildman–Crippen MR) is 67.8 cm³/mol. The molecular weight excluding hydrogens is 244 g/mol. The Morgan fingerprint density at radius 1 is 1.21 bits per heavy atom. The third-order valence-corrected chi connectivity index (χ3v) is 3.67. The SMILES string of the molecule is N#CC1(C(N)c2ccc3c(c2)OCCCO3)COC1. The van der Waals surface area contributed by atoms with E-state index in [1.807, 2.05) is 18.2 Å². The fourth-order valence-corrected chi connectivity index (χ4v) is 2.33. The van der Waals surface area contributed by atoms with Crippen LogP contribution in [-0.2, 0) is 4.74 Å². The third kappa shape index (κ3) is 2.03. The van der Waals surface area contributed by atoms with Crippen LogP contribution in [-0.4, -0.2) is 26.4 Å². The van der Waals surface area contributed by atoms with Crippen LogP contribution in [0.1, 0.15) is 18.0 Å². The Kier molecular flexibility index (Phi) is 3.05. The zero-order valence-electron chi connectivity index (χ0n) is 10.6. The van der Waals surface area contributed by atoms with Crippen molar-refractivity contribution in [3.8, 4) is 17.6 Å². The van der Waals surface area contributed by atoms with Gasteiger partial charge in [0, 0.05) is 6.42 Å². The van der Waals surface area contributed by atoms with Gasteiger partial charge in [0.25, 0.3) is 0 Å². The lowest BCUT2D eigenvalue weighted by Gasteiger charge is -2.39. The average molecular weight is 260 g/mol. The second kappa shape index (κ2) is 4.72. The van der Waals surface area contributed by atoms with Crippen LogP contribution in [0, 0.1) is 16.7 Å². The summed E-state index contributed by atoms with van der Waals surface area (Å²) in [6.07, 6.45) is 0.867. The van der Waals surface area contributed by atoms with Crippen LogP contribution >= 0.6 is 0 Å². The molecular formula is C14H16N2O3. The highest BCUT2D eigenvalue weighted by Gasteiger charge is 2.45. The number of nitrogens with zero attached hydrogens (tertiary/aromatic N) is 1. The molecule has 2 aliphatic heterocycles. The minimum Gasteiger partial charge on any atom is -0.490 e. The maximum absolute atomic E-state index is 9.29. The van der Waals surface area contributed by atoms with Gasteiger partial charge >= 0.3 is 0 Å². The zero-order chi connectivity index (χ0) is 13.3. The van der Waals surface area contributed by atoms with Gasteiger partial charge < -0.3 is 19.9 Å². The normalized spacial score (nSPS) is 21.7. The molecule has 19 heavy (non-hydrogen) atoms. The van der Waals surface area contributed by atoms with Gasteiger partial charge in [-0.2, -0.15) is 5.26 Å². The highest BCUT2D eigenvalue weighted by Crippen LogP contribution is 2.41. The van der Waals surface area contributed by atoms with Crippen molar-refractivity contribution in [2.24, 2.45) is 11.1 Å². The van der Waals surface area contributed by atoms with E-state index in [0.29, 0.717) is 32.2 Å². The molecule has 0 spiro atoms. The lowest BCUT2D eigenvalue weighted by Crippen LogP contribution is -2.49. The van der Waals surface area contributed by atoms with Crippen molar-refractivity contribution in [1.82, 2.24) is 0 Å². The number of nitriles is 1. The monoisotopic (exact) mass is 260 g/mol. The molecule has 1 aromatic carbocycles. The van der Waals surface area contributed by atoms with Crippen LogP contribution in [0.25, 0.3) is 0 Å². The quantitative estimate of drug-likeness (QED) is 0.869. The van der Waals surface area contributed by atoms with Crippen molar-refractivity contribution >= 4 is 0 Å². The number of hydrogen-bond donors (Lipinski definition) is 1. The molecule has 2 heterocycles. The van der Waals surface area contributed by atoms with E-state index in [1.54, 1.807) is 0 Å². The average Bonchev–Trinajstić information content (AvgIpc) is 2.62. The molecule has 0 aromatic heterocycles. The summed E-state index contributed by atoms with van der Waals surface area (Å²) in [6, 6.07) is 7.55. The molecule has 1 fully saturated rings. The van der Waals surface area contributed by atoms with E-state index >= 15 is 0 Å². The summed E-state index contributed by atoms with van der Waals surface area (Å²) in [7, 11) is 0. The minimum absolute atomic E-state index is 0.372. The first-order valence-corrected chi connectivity index (χ1v) is 6.39. The number of rotatable bonds is 2. The molecule has 0 radical (unpaired) electrons. The van der Waals surface area contributed by atoms with Crippen molar-refractivity contribution in [3.63, 3.8) is 0 Å². The van der Waals surface area contributed by atoms with Gasteiger partial charge in [0.1, 0.15) is 5.41 Å². The molecule has 5 nitrogen and oxygen atoms in total. The summed E-state index contributed by atoms with van der Waals surface area (Å²) in [5.74, 6) is 1.45. The molecule has 1 aromatic rings. The molecule has 1 atom stereocenters. The van der Waals surface area contributed by atoms with Gasteiger partial charge in [-0.3, -0.25) is 0 Å². The van der Waals surface area contributed by atoms with E-state index in [9.17, 15) is 5.26 Å². The Hall–Kier alpha value is -1.77. The summed E-state index contributed by atoms with van der Waals surface area (Å²) < 4.78 is 16.4. The van der Waals surface area contributed by atoms with Crippen molar-refractivity contribution in [3.05, 3.63) is 23.8 Å². The summed E-state index contributed by atoms with van der Waals surface area (Å²) in [4.78, 5) is 0. The van der Waals surface area contributed by atoms with E-state index in [4.69, 9.17) is 19.9 Å². The molecule has 0 bridgehead atoms. The molecule has 2 aliphatic rings. The van der Waals surface area contributed by atoms with Crippen molar-refractivity contribution in [2.45, 2.75) is 12.5 Å². The van der Waals surface area contributed by atoms with Crippen molar-refractivity contribution in [1.29, 1.82) is 5.26 Å². The maximum atomic E-state index is 9.29. The molecule has 2 N–H and O–H groups in total. The molecule has 100 valence electrons. The molecule has 1 saturated heterocycles. The van der Waals surface area contributed by atoms with Gasteiger partial charge in [0.05, 0.1) is 38.5 Å². The van der Waals surface area contributed by atoms with E-state index < -0.39 is 5.41 Å². The summed E-state index contributed by atoms with van der Waals surface area (Å²) >= 11 is 0. The first kappa shape index (κ1) is 12.3. The summed E-state index contributed by atoms with van der Waals surface area (Å²) in [6.45, 7) is 2.07. The Morgan fingerprint density at radius 3 is 2.58 bits per heavy atom. The molecule has 1 unspecified atom stereocenters. The second-order valence-corrected chi connectivity index (χ2v) is 5.00. The van der Waals surface area contributed by atoms with Crippen LogP contribution in [0.15, 0.2) is 18.2 Å². The summed E-state index contributed by atoms with van der Waals surface area (Å²) in [5, 5.41) is 9.29. The lowest BCUT2D eigenvalue weighted by molar-refractivity contribution is -0.0910. The highest BCUT2D eigenvalue weighted by atomic mass is 16.5. The van der Waals surface area contributed by atoms with Gasteiger partial charge in [-0.05, 0) is 17.7 Å². The third-order valence-electron chi connectivity index (χ3n) is 3.67. The largest absolute Gasteiger partial charge is 0.490 e. The number of hydrogen-bond acceptors (Lipinski definition) is 5. The van der Waals surface area contributed by atoms with E-state index in [1.165, 1.54) is 0 Å². The molecule has 0 amide bonds. The zero-order valence-corrected chi connectivity index (χ0v) is 10.6. The standard InChI is InChI=1S/C14H16N2O3/c15-7-14(8-17-9-14)13(16)10-2-3-11-12(6-10)19-5-1-4-18-11/h2-3,6,13H,1,4-5,8-9,16H2. The van der Waals surface area contributed by atoms with Gasteiger partial charge in [-0.1, -0.05) is 6.07 Å². The summed E-state index contributed by atoms with van der Waals surface area (Å²) in [5.41, 5.74) is 6.49. The highest BCUT2D eigenvalue weighted by molar-refractivity contribution is 5.45. The first-order valence-electron chi connectivity index (χ1n) is 6.39. The van der Waals surface area contributed by atoms with Crippen LogP contribution in [0.4, 0.5) is 0 Å². The predicted octanol–water partition coefficient (Wildman–Crippen LogP) is 1.39. The molecule has 0 aliphatic carbocycles. The van der Waals surface area contributed by atoms with E-state index in [0.717, 1.165) is 17.7 Å². The van der Waals surface area contributed by atoms with Gasteiger partial charge in [-0.25, -0.2) is 0 Å². The van der Waals surface area contributed by atoms with Crippen molar-refractivity contribution < 1.29 is 14.2 Å². The maximum Gasteiger partial charge on any atom is 0.161 e. The molecule has 0 saturated carbocycles. The van der Waals surface area contributed by atoms with Crippen LogP contribution in [0.2, 0.25) is 0 Å². The van der Waals surface area contributed by atoms with Crippen LogP contribution in [0.5, 0.6) is 11.5 Å². The minimum atomic E-state index is -0.611. The van der Waals surface area contributed by atoms with Gasteiger partial charge in [0.15, 0.2) is 11.5 Å². The fourth-order valence-electron chi connectivity index (χ4n) is 2.33. The van der Waals surface area contributed by atoms with Gasteiger partial charge in [-0.15, -0.1) is 0 Å². The Labute approximate surface area is 111 Å². The fraction of sp³-hybridized carbons (Fsp3) is 0.500. The number of benzene rings is 1. The first-order chi connectivity index (χ1) is 9.25. The van der Waals surface area contributed by atoms with Crippen LogP contribution < -0.4 is 15.2 Å². The smallest absolute Gasteiger partial charge is 0.161 e. The number of ether oxygens (including phenoxy) is 3. The number of nitrogens with two attached hydrogens (primary N) is 1. The Morgan fingerprint density at radius 2 is 1.95 bits per heavy atom. The second-order valence-electron chi connectivity index (χ2n) is 5.00. The Bertz CT molecular complexity index is 520. The molecule has 5 heteroatoms. The van der Waals surface area contributed by atoms with E-state index in [-0.39, 0.29) is 6.04 Å². The number of fused-ring (bicyclic) bond motifs is 1. The van der Waals surface area contributed by atoms with Crippen molar-refractivity contribution in [2.75, 3.05) is 26.4 Å². The van der Waals surface area contributed by atoms with E-state index in [2.05, 4.69) is 6.07 Å². The van der Waals surface area contributed by atoms with Gasteiger partial charge in [0.2, 0.25) is 0 Å².